The van der Waals surface area contributed by atoms with E-state index in [9.17, 15) is 19.5 Å². The van der Waals surface area contributed by atoms with Gasteiger partial charge >= 0.3 is 12.1 Å². The minimum absolute atomic E-state index is 0.0830. The zero-order chi connectivity index (χ0) is 29.6. The van der Waals surface area contributed by atoms with Crippen LogP contribution in [0.3, 0.4) is 0 Å². The van der Waals surface area contributed by atoms with Gasteiger partial charge in [-0.2, -0.15) is 0 Å². The Morgan fingerprint density at radius 1 is 0.833 bits per heavy atom. The van der Waals surface area contributed by atoms with Crippen LogP contribution in [0.2, 0.25) is 0 Å². The van der Waals surface area contributed by atoms with Gasteiger partial charge in [0.15, 0.2) is 6.04 Å². The Hall–Kier alpha value is -4.95. The minimum atomic E-state index is -1.28. The summed E-state index contributed by atoms with van der Waals surface area (Å²) < 4.78 is 11.4. The second-order valence-corrected chi connectivity index (χ2v) is 10.2. The fraction of sp³-hybridized carbons (Fsp3) is 0.206. The molecule has 0 bridgehead atoms. The Labute approximate surface area is 244 Å². The number of aliphatic carboxylic acids is 1. The monoisotopic (exact) mass is 564 g/mol. The molecule has 0 spiro atoms. The number of amides is 2. The number of carbonyl (C=O) groups excluding carboxylic acids is 2. The van der Waals surface area contributed by atoms with Gasteiger partial charge in [0.05, 0.1) is 12.7 Å². The van der Waals surface area contributed by atoms with Gasteiger partial charge in [0.25, 0.3) is 5.91 Å². The first-order chi connectivity index (χ1) is 20.3. The van der Waals surface area contributed by atoms with E-state index in [0.717, 1.165) is 27.8 Å². The molecule has 0 saturated heterocycles. The Kier molecular flexibility index (Phi) is 8.64. The molecule has 0 radical (unpaired) electrons. The van der Waals surface area contributed by atoms with E-state index in [1.54, 1.807) is 32.0 Å². The maximum absolute atomic E-state index is 13.2. The largest absolute Gasteiger partial charge is 0.480 e. The third-order valence-electron chi connectivity index (χ3n) is 7.54. The molecular weight excluding hydrogens is 532 g/mol. The van der Waals surface area contributed by atoms with E-state index in [2.05, 4.69) is 22.8 Å². The molecule has 4 aromatic rings. The number of anilines is 1. The van der Waals surface area contributed by atoms with Crippen molar-refractivity contribution in [3.05, 3.63) is 125 Å². The lowest BCUT2D eigenvalue weighted by molar-refractivity contribution is -0.143. The Morgan fingerprint density at radius 3 is 2.10 bits per heavy atom. The van der Waals surface area contributed by atoms with Crippen LogP contribution < -0.4 is 10.6 Å². The average molecular weight is 565 g/mol. The predicted molar refractivity (Wildman–Crippen MR) is 159 cm³/mol. The highest BCUT2D eigenvalue weighted by Crippen LogP contribution is 2.44. The van der Waals surface area contributed by atoms with Gasteiger partial charge in [-0.05, 0) is 59.4 Å². The Bertz CT molecular complexity index is 1560. The number of ether oxygens (including phenoxy) is 2. The Morgan fingerprint density at radius 2 is 1.45 bits per heavy atom. The highest BCUT2D eigenvalue weighted by molar-refractivity contribution is 6.00. The lowest BCUT2D eigenvalue weighted by Crippen LogP contribution is -2.48. The van der Waals surface area contributed by atoms with Gasteiger partial charge < -0.3 is 19.9 Å². The summed E-state index contributed by atoms with van der Waals surface area (Å²) in [6.45, 7) is 3.64. The second kappa shape index (κ2) is 12.7. The van der Waals surface area contributed by atoms with Gasteiger partial charge in [-0.1, -0.05) is 84.9 Å². The van der Waals surface area contributed by atoms with Crippen LogP contribution in [0.25, 0.3) is 11.1 Å². The number of benzene rings is 4. The number of carbonyl (C=O) groups is 3. The third kappa shape index (κ3) is 6.19. The molecule has 3 N–H and O–H groups in total. The van der Waals surface area contributed by atoms with Crippen molar-refractivity contribution >= 4 is 23.7 Å². The number of fused-ring (bicyclic) bond motifs is 3. The molecule has 2 amide bonds. The Balaban J connectivity index is 1.22. The molecule has 0 unspecified atom stereocenters. The van der Waals surface area contributed by atoms with Crippen LogP contribution in [0.4, 0.5) is 10.5 Å². The number of hydrogen-bond donors (Lipinski definition) is 3. The summed E-state index contributed by atoms with van der Waals surface area (Å²) >= 11 is 0. The highest BCUT2D eigenvalue weighted by atomic mass is 16.5. The number of hydrogen-bond acceptors (Lipinski definition) is 5. The fourth-order valence-electron chi connectivity index (χ4n) is 5.26. The van der Waals surface area contributed by atoms with Crippen LogP contribution in [-0.4, -0.2) is 41.8 Å². The number of rotatable bonds is 10. The normalized spacial score (nSPS) is 13.4. The molecule has 0 saturated carbocycles. The third-order valence-corrected chi connectivity index (χ3v) is 7.54. The lowest BCUT2D eigenvalue weighted by Gasteiger charge is -2.22. The van der Waals surface area contributed by atoms with Crippen LogP contribution in [0.5, 0.6) is 0 Å². The van der Waals surface area contributed by atoms with Crippen molar-refractivity contribution in [2.24, 2.45) is 0 Å². The van der Waals surface area contributed by atoms with Crippen molar-refractivity contribution in [1.29, 1.82) is 0 Å². The van der Waals surface area contributed by atoms with Crippen LogP contribution in [0.15, 0.2) is 97.1 Å². The summed E-state index contributed by atoms with van der Waals surface area (Å²) in [5.74, 6) is -1.89. The molecule has 8 nitrogen and oxygen atoms in total. The van der Waals surface area contributed by atoms with Gasteiger partial charge in [-0.3, -0.25) is 10.1 Å². The molecule has 1 aliphatic carbocycles. The van der Waals surface area contributed by atoms with Gasteiger partial charge in [0.1, 0.15) is 6.61 Å². The van der Waals surface area contributed by atoms with Gasteiger partial charge in [-0.15, -0.1) is 0 Å². The van der Waals surface area contributed by atoms with Crippen molar-refractivity contribution in [3.8, 4) is 11.1 Å². The summed E-state index contributed by atoms with van der Waals surface area (Å²) in [5, 5.41) is 15.1. The summed E-state index contributed by atoms with van der Waals surface area (Å²) in [7, 11) is 0. The number of carboxylic acids is 1. The van der Waals surface area contributed by atoms with Crippen molar-refractivity contribution < 1.29 is 29.0 Å². The standard InChI is InChI=1S/C34H32N2O6/c1-21-24(32(37)36-31(33(38)39)22(2)41-19-23-11-4-3-5-12-23)17-10-18-30(21)35-34(40)42-20-29-27-15-8-6-13-25(27)26-14-7-9-16-28(26)29/h3-18,22,29,31H,19-20H2,1-2H3,(H,35,40)(H,36,37)(H,38,39)/t22-,31+/m1/s1. The van der Waals surface area contributed by atoms with E-state index in [-0.39, 0.29) is 24.7 Å². The molecule has 0 fully saturated rings. The summed E-state index contributed by atoms with van der Waals surface area (Å²) in [6, 6.07) is 29.1. The number of nitrogens with one attached hydrogen (secondary N) is 2. The smallest absolute Gasteiger partial charge is 0.411 e. The molecule has 2 atom stereocenters. The van der Waals surface area contributed by atoms with E-state index in [0.29, 0.717) is 11.3 Å². The average Bonchev–Trinajstić information content (AvgIpc) is 3.32. The quantitative estimate of drug-likeness (QED) is 0.213. The molecule has 0 aliphatic heterocycles. The first-order valence-electron chi connectivity index (χ1n) is 13.7. The predicted octanol–water partition coefficient (Wildman–Crippen LogP) is 6.14. The van der Waals surface area contributed by atoms with Crippen LogP contribution >= 0.6 is 0 Å². The highest BCUT2D eigenvalue weighted by Gasteiger charge is 2.30. The molecule has 0 heterocycles. The zero-order valence-electron chi connectivity index (χ0n) is 23.4. The van der Waals surface area contributed by atoms with Gasteiger partial charge in [-0.25, -0.2) is 9.59 Å². The maximum atomic E-state index is 13.2. The first kappa shape index (κ1) is 28.6. The zero-order valence-corrected chi connectivity index (χ0v) is 23.4. The SMILES string of the molecule is Cc1c(NC(=O)OCC2c3ccccc3-c3ccccc32)cccc1C(=O)N[C@H](C(=O)O)[C@@H](C)OCc1ccccc1. The molecule has 42 heavy (non-hydrogen) atoms. The van der Waals surface area contributed by atoms with Gasteiger partial charge in [0, 0.05) is 17.2 Å². The fourth-order valence-corrected chi connectivity index (χ4v) is 5.26. The van der Waals surface area contributed by atoms with Crippen molar-refractivity contribution in [3.63, 3.8) is 0 Å². The van der Waals surface area contributed by atoms with E-state index < -0.39 is 30.1 Å². The van der Waals surface area contributed by atoms with Crippen molar-refractivity contribution in [2.45, 2.75) is 38.5 Å². The molecule has 8 heteroatoms. The molecule has 1 aliphatic rings. The van der Waals surface area contributed by atoms with Crippen LogP contribution in [0, 0.1) is 6.92 Å². The molecule has 5 rings (SSSR count). The van der Waals surface area contributed by atoms with Crippen LogP contribution in [0.1, 0.15) is 45.5 Å². The first-order valence-corrected chi connectivity index (χ1v) is 13.7. The summed E-state index contributed by atoms with van der Waals surface area (Å²) in [6.07, 6.45) is -1.45. The van der Waals surface area contributed by atoms with E-state index in [1.807, 2.05) is 66.7 Å². The molecular formula is C34H32N2O6. The topological polar surface area (TPSA) is 114 Å². The maximum Gasteiger partial charge on any atom is 0.411 e. The number of carboxylic acid groups (broad SMARTS) is 1. The van der Waals surface area contributed by atoms with E-state index in [1.165, 1.54) is 0 Å². The summed E-state index contributed by atoms with van der Waals surface area (Å²) in [5.41, 5.74) is 6.47. The molecule has 214 valence electrons. The van der Waals surface area contributed by atoms with Crippen LogP contribution in [-0.2, 0) is 20.9 Å². The van der Waals surface area contributed by atoms with Gasteiger partial charge in [0.2, 0.25) is 0 Å². The summed E-state index contributed by atoms with van der Waals surface area (Å²) in [4.78, 5) is 38.0. The van der Waals surface area contributed by atoms with E-state index >= 15 is 0 Å². The van der Waals surface area contributed by atoms with Crippen molar-refractivity contribution in [1.82, 2.24) is 5.32 Å². The molecule has 0 aromatic heterocycles. The van der Waals surface area contributed by atoms with E-state index in [4.69, 9.17) is 9.47 Å². The second-order valence-electron chi connectivity index (χ2n) is 10.2. The van der Waals surface area contributed by atoms with Crippen molar-refractivity contribution in [2.75, 3.05) is 11.9 Å². The molecule has 4 aromatic carbocycles. The lowest BCUT2D eigenvalue weighted by atomic mass is 9.98. The minimum Gasteiger partial charge on any atom is -0.480 e.